The van der Waals surface area contributed by atoms with E-state index in [2.05, 4.69) is 0 Å². The summed E-state index contributed by atoms with van der Waals surface area (Å²) in [5.74, 6) is -2.01. The molecule has 0 aromatic heterocycles. The second kappa shape index (κ2) is 6.98. The predicted octanol–water partition coefficient (Wildman–Crippen LogP) is 4.20. The number of hydrogen-bond donors (Lipinski definition) is 0. The number of benzene rings is 2. The van der Waals surface area contributed by atoms with Crippen LogP contribution in [0.3, 0.4) is 0 Å². The number of rotatable bonds is 4. The van der Waals surface area contributed by atoms with Gasteiger partial charge in [0.05, 0.1) is 6.04 Å². The van der Waals surface area contributed by atoms with E-state index in [0.717, 1.165) is 17.7 Å². The second-order valence-corrected chi connectivity index (χ2v) is 5.04. The van der Waals surface area contributed by atoms with Crippen LogP contribution in [-0.4, -0.2) is 17.9 Å². The van der Waals surface area contributed by atoms with Crippen molar-refractivity contribution in [1.82, 2.24) is 4.90 Å². The summed E-state index contributed by atoms with van der Waals surface area (Å²) in [7, 11) is 1.63. The van der Waals surface area contributed by atoms with Crippen molar-refractivity contribution < 1.29 is 13.6 Å². The number of nitrogens with zero attached hydrogens (tertiary/aromatic N) is 1. The topological polar surface area (TPSA) is 20.3 Å². The first-order valence-electron chi connectivity index (χ1n) is 6.94. The molecule has 0 bridgehead atoms. The van der Waals surface area contributed by atoms with Gasteiger partial charge in [0, 0.05) is 13.1 Å². The van der Waals surface area contributed by atoms with Gasteiger partial charge in [0.25, 0.3) is 0 Å². The smallest absolute Gasteiger partial charge is 0.246 e. The Bertz CT molecular complexity index is 683. The summed E-state index contributed by atoms with van der Waals surface area (Å²) < 4.78 is 26.2. The van der Waals surface area contributed by atoms with Crippen molar-refractivity contribution in [1.29, 1.82) is 0 Å². The van der Waals surface area contributed by atoms with Gasteiger partial charge in [-0.2, -0.15) is 0 Å². The molecule has 0 aliphatic carbocycles. The fourth-order valence-corrected chi connectivity index (χ4v) is 2.04. The molecule has 0 aliphatic rings. The van der Waals surface area contributed by atoms with Gasteiger partial charge in [-0.15, -0.1) is 0 Å². The summed E-state index contributed by atoms with van der Waals surface area (Å²) in [6.07, 6.45) is 3.18. The van der Waals surface area contributed by atoms with Crippen LogP contribution in [0.5, 0.6) is 0 Å². The van der Waals surface area contributed by atoms with Crippen LogP contribution >= 0.6 is 0 Å². The molecule has 22 heavy (non-hydrogen) atoms. The standard InChI is InChI=1S/C18H17F2NO/c1-13(15-9-10-16(19)17(20)12-15)21(2)18(22)11-8-14-6-4-3-5-7-14/h3-13H,1-2H3/b11-8+. The van der Waals surface area contributed by atoms with Crippen LogP contribution < -0.4 is 0 Å². The number of halogens is 2. The van der Waals surface area contributed by atoms with E-state index in [1.54, 1.807) is 20.0 Å². The van der Waals surface area contributed by atoms with Crippen LogP contribution in [0.15, 0.2) is 54.6 Å². The molecule has 0 N–H and O–H groups in total. The quantitative estimate of drug-likeness (QED) is 0.775. The number of amides is 1. The van der Waals surface area contributed by atoms with Gasteiger partial charge in [-0.1, -0.05) is 36.4 Å². The van der Waals surface area contributed by atoms with Crippen LogP contribution in [0.25, 0.3) is 6.08 Å². The molecule has 0 heterocycles. The maximum atomic E-state index is 13.3. The molecule has 0 aliphatic heterocycles. The van der Waals surface area contributed by atoms with Crippen LogP contribution in [-0.2, 0) is 4.79 Å². The summed E-state index contributed by atoms with van der Waals surface area (Å²) in [5.41, 5.74) is 1.47. The zero-order valence-corrected chi connectivity index (χ0v) is 12.5. The molecule has 0 spiro atoms. The zero-order valence-electron chi connectivity index (χ0n) is 12.5. The Kier molecular flexibility index (Phi) is 5.04. The van der Waals surface area contributed by atoms with E-state index in [-0.39, 0.29) is 11.9 Å². The number of carbonyl (C=O) groups excluding carboxylic acids is 1. The van der Waals surface area contributed by atoms with E-state index in [1.165, 1.54) is 17.0 Å². The Balaban J connectivity index is 2.09. The minimum atomic E-state index is -0.912. The van der Waals surface area contributed by atoms with Crippen molar-refractivity contribution in [3.63, 3.8) is 0 Å². The molecule has 4 heteroatoms. The largest absolute Gasteiger partial charge is 0.335 e. The van der Waals surface area contributed by atoms with E-state index >= 15 is 0 Å². The van der Waals surface area contributed by atoms with Crippen LogP contribution in [0.1, 0.15) is 24.1 Å². The Labute approximate surface area is 128 Å². The SMILES string of the molecule is CC(c1ccc(F)c(F)c1)N(C)C(=O)/C=C/c1ccccc1. The molecule has 1 amide bonds. The third kappa shape index (κ3) is 3.79. The van der Waals surface area contributed by atoms with Crippen molar-refractivity contribution in [2.24, 2.45) is 0 Å². The molecule has 2 rings (SSSR count). The molecule has 2 nitrogen and oxygen atoms in total. The highest BCUT2D eigenvalue weighted by Crippen LogP contribution is 2.21. The molecule has 0 radical (unpaired) electrons. The molecule has 0 saturated heterocycles. The van der Waals surface area contributed by atoms with Crippen molar-refractivity contribution in [3.8, 4) is 0 Å². The summed E-state index contributed by atoms with van der Waals surface area (Å²) in [6.45, 7) is 1.76. The lowest BCUT2D eigenvalue weighted by atomic mass is 10.1. The highest BCUT2D eigenvalue weighted by Gasteiger charge is 2.16. The van der Waals surface area contributed by atoms with Gasteiger partial charge in [0.15, 0.2) is 11.6 Å². The summed E-state index contributed by atoms with van der Waals surface area (Å²) in [6, 6.07) is 12.8. The molecular weight excluding hydrogens is 284 g/mol. The number of likely N-dealkylation sites (N-methyl/N-ethyl adjacent to an activating group) is 1. The monoisotopic (exact) mass is 301 g/mol. The molecular formula is C18H17F2NO. The van der Waals surface area contributed by atoms with E-state index in [1.807, 2.05) is 30.3 Å². The van der Waals surface area contributed by atoms with Crippen LogP contribution in [0.2, 0.25) is 0 Å². The Morgan fingerprint density at radius 2 is 1.77 bits per heavy atom. The zero-order chi connectivity index (χ0) is 16.1. The van der Waals surface area contributed by atoms with Gasteiger partial charge in [-0.3, -0.25) is 4.79 Å². The fourth-order valence-electron chi connectivity index (χ4n) is 2.04. The van der Waals surface area contributed by atoms with Gasteiger partial charge < -0.3 is 4.90 Å². The molecule has 2 aromatic rings. The van der Waals surface area contributed by atoms with E-state index in [4.69, 9.17) is 0 Å². The average Bonchev–Trinajstić information content (AvgIpc) is 2.54. The highest BCUT2D eigenvalue weighted by atomic mass is 19.2. The van der Waals surface area contributed by atoms with E-state index in [0.29, 0.717) is 5.56 Å². The molecule has 1 unspecified atom stereocenters. The van der Waals surface area contributed by atoms with Crippen LogP contribution in [0.4, 0.5) is 8.78 Å². The Hall–Kier alpha value is -2.49. The summed E-state index contributed by atoms with van der Waals surface area (Å²) in [4.78, 5) is 13.6. The fraction of sp³-hybridized carbons (Fsp3) is 0.167. The number of carbonyl (C=O) groups is 1. The highest BCUT2D eigenvalue weighted by molar-refractivity contribution is 5.91. The summed E-state index contributed by atoms with van der Waals surface area (Å²) >= 11 is 0. The minimum Gasteiger partial charge on any atom is -0.335 e. The van der Waals surface area contributed by atoms with E-state index in [9.17, 15) is 13.6 Å². The van der Waals surface area contributed by atoms with Gasteiger partial charge >= 0.3 is 0 Å². The predicted molar refractivity (Wildman–Crippen MR) is 83.0 cm³/mol. The van der Waals surface area contributed by atoms with Gasteiger partial charge in [-0.05, 0) is 36.3 Å². The molecule has 1 atom stereocenters. The van der Waals surface area contributed by atoms with Gasteiger partial charge in [0.1, 0.15) is 0 Å². The third-order valence-electron chi connectivity index (χ3n) is 3.57. The average molecular weight is 301 g/mol. The Morgan fingerprint density at radius 1 is 1.09 bits per heavy atom. The Morgan fingerprint density at radius 3 is 2.41 bits per heavy atom. The molecule has 0 saturated carbocycles. The van der Waals surface area contributed by atoms with Crippen LogP contribution in [0, 0.1) is 11.6 Å². The maximum absolute atomic E-state index is 13.3. The first kappa shape index (κ1) is 15.9. The lowest BCUT2D eigenvalue weighted by molar-refractivity contribution is -0.126. The number of hydrogen-bond acceptors (Lipinski definition) is 1. The third-order valence-corrected chi connectivity index (χ3v) is 3.57. The normalized spacial score (nSPS) is 12.4. The van der Waals surface area contributed by atoms with Gasteiger partial charge in [-0.25, -0.2) is 8.78 Å². The van der Waals surface area contributed by atoms with Crippen molar-refractivity contribution in [2.75, 3.05) is 7.05 Å². The first-order chi connectivity index (χ1) is 10.5. The molecule has 0 fully saturated rings. The van der Waals surface area contributed by atoms with Crippen molar-refractivity contribution in [3.05, 3.63) is 77.4 Å². The first-order valence-corrected chi connectivity index (χ1v) is 6.94. The van der Waals surface area contributed by atoms with Gasteiger partial charge in [0.2, 0.25) is 5.91 Å². The van der Waals surface area contributed by atoms with Crippen molar-refractivity contribution >= 4 is 12.0 Å². The lowest BCUT2D eigenvalue weighted by Gasteiger charge is -2.24. The minimum absolute atomic E-state index is 0.207. The second-order valence-electron chi connectivity index (χ2n) is 5.04. The molecule has 114 valence electrons. The summed E-state index contributed by atoms with van der Waals surface area (Å²) in [5, 5.41) is 0. The van der Waals surface area contributed by atoms with E-state index < -0.39 is 11.6 Å². The lowest BCUT2D eigenvalue weighted by Crippen LogP contribution is -2.28. The molecule has 2 aromatic carbocycles. The maximum Gasteiger partial charge on any atom is 0.246 e. The van der Waals surface area contributed by atoms with Crippen molar-refractivity contribution in [2.45, 2.75) is 13.0 Å².